The third kappa shape index (κ3) is 4.96. The molecule has 1 unspecified atom stereocenters. The van der Waals surface area contributed by atoms with Gasteiger partial charge in [-0.05, 0) is 30.2 Å². The average Bonchev–Trinajstić information content (AvgIpc) is 2.51. The number of hydrogen-bond donors (Lipinski definition) is 1. The highest BCUT2D eigenvalue weighted by Crippen LogP contribution is 2.17. The van der Waals surface area contributed by atoms with Crippen molar-refractivity contribution in [1.29, 1.82) is 5.26 Å². The summed E-state index contributed by atoms with van der Waals surface area (Å²) in [6.07, 6.45) is 1.87. The third-order valence-corrected chi connectivity index (χ3v) is 3.97. The Labute approximate surface area is 122 Å². The first-order chi connectivity index (χ1) is 9.64. The molecule has 0 aliphatic rings. The molecule has 1 aromatic rings. The summed E-state index contributed by atoms with van der Waals surface area (Å²) >= 11 is 0. The van der Waals surface area contributed by atoms with Gasteiger partial charge in [0.15, 0.2) is 0 Å². The van der Waals surface area contributed by atoms with Crippen molar-refractivity contribution in [2.45, 2.75) is 39.7 Å². The van der Waals surface area contributed by atoms with Crippen molar-refractivity contribution in [2.75, 3.05) is 19.6 Å². The van der Waals surface area contributed by atoms with Gasteiger partial charge in [0, 0.05) is 13.1 Å². The number of likely N-dealkylation sites (N-methyl/N-ethyl adjacent to an activating group) is 1. The number of aliphatic hydroxyl groups is 1. The highest BCUT2D eigenvalue weighted by molar-refractivity contribution is 5.32. The Bertz CT molecular complexity index is 418. The number of nitrogens with zero attached hydrogens (tertiary/aromatic N) is 2. The Morgan fingerprint density at radius 1 is 1.10 bits per heavy atom. The summed E-state index contributed by atoms with van der Waals surface area (Å²) in [5.74, 6) is 0.697. The molecule has 110 valence electrons. The smallest absolute Gasteiger partial charge is 0.0991 e. The average molecular weight is 274 g/mol. The van der Waals surface area contributed by atoms with Crippen LogP contribution in [0.25, 0.3) is 0 Å². The predicted molar refractivity (Wildman–Crippen MR) is 82.3 cm³/mol. The molecular weight excluding hydrogens is 248 g/mol. The molecule has 0 amide bonds. The zero-order valence-electron chi connectivity index (χ0n) is 12.8. The van der Waals surface area contributed by atoms with E-state index in [-0.39, 0.29) is 0 Å². The van der Waals surface area contributed by atoms with Crippen LogP contribution in [0.2, 0.25) is 0 Å². The SMILES string of the molecule is CCC(CC)CN(CC)CC(O)c1ccc(C#N)cc1. The molecule has 3 heteroatoms. The van der Waals surface area contributed by atoms with Crippen molar-refractivity contribution in [3.8, 4) is 6.07 Å². The lowest BCUT2D eigenvalue weighted by molar-refractivity contribution is 0.105. The van der Waals surface area contributed by atoms with Gasteiger partial charge in [-0.25, -0.2) is 0 Å². The van der Waals surface area contributed by atoms with Crippen LogP contribution in [0.1, 0.15) is 50.8 Å². The molecule has 20 heavy (non-hydrogen) atoms. The molecule has 3 nitrogen and oxygen atoms in total. The van der Waals surface area contributed by atoms with Crippen LogP contribution in [-0.4, -0.2) is 29.6 Å². The number of rotatable bonds is 8. The molecule has 1 aromatic carbocycles. The van der Waals surface area contributed by atoms with Crippen LogP contribution in [0.4, 0.5) is 0 Å². The van der Waals surface area contributed by atoms with Crippen LogP contribution in [0.5, 0.6) is 0 Å². The normalized spacial score (nSPS) is 12.7. The molecule has 0 saturated heterocycles. The third-order valence-electron chi connectivity index (χ3n) is 3.97. The first-order valence-corrected chi connectivity index (χ1v) is 7.54. The van der Waals surface area contributed by atoms with Gasteiger partial charge in [0.2, 0.25) is 0 Å². The van der Waals surface area contributed by atoms with Crippen molar-refractivity contribution in [2.24, 2.45) is 5.92 Å². The van der Waals surface area contributed by atoms with E-state index in [4.69, 9.17) is 5.26 Å². The lowest BCUT2D eigenvalue weighted by Gasteiger charge is -2.27. The highest BCUT2D eigenvalue weighted by Gasteiger charge is 2.15. The van der Waals surface area contributed by atoms with Crippen molar-refractivity contribution in [3.05, 3.63) is 35.4 Å². The molecule has 0 aliphatic heterocycles. The molecular formula is C17H26N2O. The molecule has 0 saturated carbocycles. The van der Waals surface area contributed by atoms with Gasteiger partial charge < -0.3 is 10.0 Å². The van der Waals surface area contributed by atoms with Gasteiger partial charge in [-0.1, -0.05) is 45.7 Å². The van der Waals surface area contributed by atoms with E-state index in [2.05, 4.69) is 31.7 Å². The second-order valence-corrected chi connectivity index (χ2v) is 5.28. The number of aliphatic hydroxyl groups excluding tert-OH is 1. The maximum atomic E-state index is 10.3. The Kier molecular flexibility index (Phi) is 7.28. The number of benzene rings is 1. The van der Waals surface area contributed by atoms with Crippen LogP contribution < -0.4 is 0 Å². The van der Waals surface area contributed by atoms with E-state index in [9.17, 15) is 5.11 Å². The van der Waals surface area contributed by atoms with E-state index >= 15 is 0 Å². The minimum Gasteiger partial charge on any atom is -0.387 e. The van der Waals surface area contributed by atoms with Crippen LogP contribution in [0, 0.1) is 17.2 Å². The lowest BCUT2D eigenvalue weighted by atomic mass is 10.0. The van der Waals surface area contributed by atoms with Gasteiger partial charge in [0.25, 0.3) is 0 Å². The summed E-state index contributed by atoms with van der Waals surface area (Å²) in [6.45, 7) is 9.21. The summed E-state index contributed by atoms with van der Waals surface area (Å²) < 4.78 is 0. The molecule has 0 bridgehead atoms. The first kappa shape index (κ1) is 16.7. The monoisotopic (exact) mass is 274 g/mol. The van der Waals surface area contributed by atoms with Crippen LogP contribution in [0.15, 0.2) is 24.3 Å². The molecule has 0 heterocycles. The largest absolute Gasteiger partial charge is 0.387 e. The van der Waals surface area contributed by atoms with Crippen LogP contribution >= 0.6 is 0 Å². The maximum absolute atomic E-state index is 10.3. The first-order valence-electron chi connectivity index (χ1n) is 7.54. The number of hydrogen-bond acceptors (Lipinski definition) is 3. The second-order valence-electron chi connectivity index (χ2n) is 5.28. The van der Waals surface area contributed by atoms with Gasteiger partial charge in [-0.15, -0.1) is 0 Å². The minimum absolute atomic E-state index is 0.489. The lowest BCUT2D eigenvalue weighted by Crippen LogP contribution is -2.33. The second kappa shape index (κ2) is 8.73. The molecule has 1 rings (SSSR count). The summed E-state index contributed by atoms with van der Waals surface area (Å²) in [5.41, 5.74) is 1.51. The van der Waals surface area contributed by atoms with Gasteiger partial charge in [0.05, 0.1) is 17.7 Å². The quantitative estimate of drug-likeness (QED) is 0.791. The molecule has 0 aromatic heterocycles. The van der Waals surface area contributed by atoms with Crippen molar-refractivity contribution in [1.82, 2.24) is 4.90 Å². The van der Waals surface area contributed by atoms with E-state index in [1.807, 2.05) is 12.1 Å². The Hall–Kier alpha value is -1.37. The summed E-state index contributed by atoms with van der Waals surface area (Å²) in [5, 5.41) is 19.1. The summed E-state index contributed by atoms with van der Waals surface area (Å²) in [7, 11) is 0. The fraction of sp³-hybridized carbons (Fsp3) is 0.588. The molecule has 0 fully saturated rings. The molecule has 1 atom stereocenters. The Morgan fingerprint density at radius 2 is 1.70 bits per heavy atom. The fourth-order valence-electron chi connectivity index (χ4n) is 2.37. The van der Waals surface area contributed by atoms with Crippen molar-refractivity contribution >= 4 is 0 Å². The predicted octanol–water partition coefficient (Wildman–Crippen LogP) is 3.35. The standard InChI is InChI=1S/C17H26N2O/c1-4-14(5-2)12-19(6-3)13-17(20)16-9-7-15(11-18)8-10-16/h7-10,14,17,20H,4-6,12-13H2,1-3H3. The van der Waals surface area contributed by atoms with Gasteiger partial charge in [0.1, 0.15) is 0 Å². The van der Waals surface area contributed by atoms with Crippen molar-refractivity contribution in [3.63, 3.8) is 0 Å². The molecule has 1 N–H and O–H groups in total. The summed E-state index contributed by atoms with van der Waals surface area (Å²) in [6, 6.07) is 9.30. The van der Waals surface area contributed by atoms with Gasteiger partial charge in [-0.2, -0.15) is 5.26 Å². The van der Waals surface area contributed by atoms with Gasteiger partial charge in [-0.3, -0.25) is 0 Å². The Morgan fingerprint density at radius 3 is 2.15 bits per heavy atom. The highest BCUT2D eigenvalue weighted by atomic mass is 16.3. The minimum atomic E-state index is -0.489. The van der Waals surface area contributed by atoms with E-state index < -0.39 is 6.10 Å². The van der Waals surface area contributed by atoms with Crippen molar-refractivity contribution < 1.29 is 5.11 Å². The van der Waals surface area contributed by atoms with E-state index in [0.717, 1.165) is 18.7 Å². The topological polar surface area (TPSA) is 47.3 Å². The Balaban J connectivity index is 2.61. The fourth-order valence-corrected chi connectivity index (χ4v) is 2.37. The molecule has 0 aliphatic carbocycles. The maximum Gasteiger partial charge on any atom is 0.0991 e. The van der Waals surface area contributed by atoms with E-state index in [0.29, 0.717) is 18.0 Å². The van der Waals surface area contributed by atoms with Crippen LogP contribution in [0.3, 0.4) is 0 Å². The zero-order chi connectivity index (χ0) is 15.0. The van der Waals surface area contributed by atoms with Gasteiger partial charge >= 0.3 is 0 Å². The summed E-state index contributed by atoms with van der Waals surface area (Å²) in [4.78, 5) is 2.31. The van der Waals surface area contributed by atoms with E-state index in [1.165, 1.54) is 12.8 Å². The zero-order valence-corrected chi connectivity index (χ0v) is 12.8. The molecule has 0 radical (unpaired) electrons. The van der Waals surface area contributed by atoms with Crippen LogP contribution in [-0.2, 0) is 0 Å². The van der Waals surface area contributed by atoms with E-state index in [1.54, 1.807) is 12.1 Å². The molecule has 0 spiro atoms. The number of nitriles is 1.